The van der Waals surface area contributed by atoms with Crippen LogP contribution in [0.15, 0.2) is 12.3 Å². The van der Waals surface area contributed by atoms with Crippen LogP contribution in [0.5, 0.6) is 0 Å². The number of carbonyl (C=O) groups excluding carboxylic acids is 2. The lowest BCUT2D eigenvalue weighted by Gasteiger charge is -2.52. The van der Waals surface area contributed by atoms with E-state index in [0.29, 0.717) is 6.41 Å². The number of hydrogen-bond donors (Lipinski definition) is 2. The van der Waals surface area contributed by atoms with Crippen LogP contribution >= 0.6 is 11.8 Å². The summed E-state index contributed by atoms with van der Waals surface area (Å²) in [6.45, 7) is 0. The zero-order chi connectivity index (χ0) is 9.47. The predicted molar refractivity (Wildman–Crippen MR) is 48.4 cm³/mol. The molecule has 2 amide bonds. The van der Waals surface area contributed by atoms with E-state index in [-0.39, 0.29) is 11.3 Å². The Balaban J connectivity index is 2.21. The van der Waals surface area contributed by atoms with Crippen LogP contribution < -0.4 is 11.1 Å². The van der Waals surface area contributed by atoms with Crippen LogP contribution in [0.25, 0.3) is 0 Å². The van der Waals surface area contributed by atoms with Crippen molar-refractivity contribution in [1.82, 2.24) is 10.2 Å². The molecule has 2 heterocycles. The summed E-state index contributed by atoms with van der Waals surface area (Å²) in [5, 5.41) is 2.20. The van der Waals surface area contributed by atoms with Crippen LogP contribution in [-0.2, 0) is 9.59 Å². The van der Waals surface area contributed by atoms with Crippen molar-refractivity contribution in [3.63, 3.8) is 0 Å². The van der Waals surface area contributed by atoms with Gasteiger partial charge in [0.1, 0.15) is 5.37 Å². The molecule has 1 unspecified atom stereocenters. The molecule has 0 radical (unpaired) electrons. The highest BCUT2D eigenvalue weighted by atomic mass is 32.2. The number of amides is 2. The average molecular weight is 199 g/mol. The number of rotatable bonds is 2. The highest BCUT2D eigenvalue weighted by molar-refractivity contribution is 8.00. The largest absolute Gasteiger partial charge is 0.330 e. The van der Waals surface area contributed by atoms with Gasteiger partial charge in [0.2, 0.25) is 12.1 Å². The minimum absolute atomic E-state index is 0.157. The van der Waals surface area contributed by atoms with Crippen molar-refractivity contribution in [2.45, 2.75) is 11.0 Å². The fourth-order valence-electron chi connectivity index (χ4n) is 1.47. The molecule has 1 fully saturated rings. The van der Waals surface area contributed by atoms with Gasteiger partial charge in [-0.2, -0.15) is 0 Å². The standard InChI is InChI=1S/C7H9N3O2S/c8-7(9-4-11)5(12)10-2-1-3-13-6(7)10/h1-2,4,6H,3,8H2,(H,9,11)/t6-,7?/m1/s1. The maximum absolute atomic E-state index is 11.4. The van der Waals surface area contributed by atoms with Gasteiger partial charge in [-0.05, 0) is 0 Å². The van der Waals surface area contributed by atoms with Crippen molar-refractivity contribution >= 4 is 24.1 Å². The highest BCUT2D eigenvalue weighted by Gasteiger charge is 2.58. The van der Waals surface area contributed by atoms with Crippen molar-refractivity contribution in [3.05, 3.63) is 12.3 Å². The second kappa shape index (κ2) is 2.74. The van der Waals surface area contributed by atoms with E-state index in [0.717, 1.165) is 5.75 Å². The van der Waals surface area contributed by atoms with Crippen molar-refractivity contribution in [1.29, 1.82) is 0 Å². The maximum atomic E-state index is 11.4. The van der Waals surface area contributed by atoms with Crippen molar-refractivity contribution < 1.29 is 9.59 Å². The molecule has 1 saturated heterocycles. The van der Waals surface area contributed by atoms with Crippen LogP contribution in [0.1, 0.15) is 0 Å². The highest BCUT2D eigenvalue weighted by Crippen LogP contribution is 2.37. The summed E-state index contributed by atoms with van der Waals surface area (Å²) in [6, 6.07) is 0. The van der Waals surface area contributed by atoms with Crippen LogP contribution in [0.4, 0.5) is 0 Å². The molecule has 70 valence electrons. The molecule has 0 saturated carbocycles. The number of carbonyl (C=O) groups is 2. The summed E-state index contributed by atoms with van der Waals surface area (Å²) in [7, 11) is 0. The molecule has 2 aliphatic rings. The Kier molecular flexibility index (Phi) is 1.81. The number of fused-ring (bicyclic) bond motifs is 1. The van der Waals surface area contributed by atoms with E-state index in [4.69, 9.17) is 5.73 Å². The van der Waals surface area contributed by atoms with Crippen molar-refractivity contribution in [3.8, 4) is 0 Å². The lowest BCUT2D eigenvalue weighted by atomic mass is 10.0. The van der Waals surface area contributed by atoms with Gasteiger partial charge in [-0.3, -0.25) is 20.2 Å². The van der Waals surface area contributed by atoms with Crippen LogP contribution in [0.2, 0.25) is 0 Å². The van der Waals surface area contributed by atoms with Gasteiger partial charge in [-0.25, -0.2) is 0 Å². The summed E-state index contributed by atoms with van der Waals surface area (Å²) >= 11 is 1.54. The fourth-order valence-corrected chi connectivity index (χ4v) is 2.61. The van der Waals surface area contributed by atoms with E-state index in [1.54, 1.807) is 6.20 Å². The Bertz CT molecular complexity index is 293. The second-order valence-corrected chi connectivity index (χ2v) is 4.03. The number of hydrogen-bond acceptors (Lipinski definition) is 4. The third kappa shape index (κ3) is 0.988. The van der Waals surface area contributed by atoms with E-state index in [1.165, 1.54) is 16.7 Å². The molecular weight excluding hydrogens is 190 g/mol. The Hall–Kier alpha value is -1.01. The van der Waals surface area contributed by atoms with E-state index in [2.05, 4.69) is 5.32 Å². The summed E-state index contributed by atoms with van der Waals surface area (Å²) in [6.07, 6.45) is 4.06. The normalized spacial score (nSPS) is 36.5. The van der Waals surface area contributed by atoms with E-state index < -0.39 is 5.66 Å². The summed E-state index contributed by atoms with van der Waals surface area (Å²) in [4.78, 5) is 23.2. The maximum Gasteiger partial charge on any atom is 0.271 e. The summed E-state index contributed by atoms with van der Waals surface area (Å²) in [5.41, 5.74) is 4.53. The van der Waals surface area contributed by atoms with Gasteiger partial charge >= 0.3 is 0 Å². The number of β-lactam (4-membered cyclic amide) rings is 1. The zero-order valence-corrected chi connectivity index (χ0v) is 7.58. The Morgan fingerprint density at radius 1 is 1.85 bits per heavy atom. The van der Waals surface area contributed by atoms with Crippen LogP contribution in [0.3, 0.4) is 0 Å². The van der Waals surface area contributed by atoms with E-state index in [1.807, 2.05) is 6.08 Å². The summed E-state index contributed by atoms with van der Waals surface area (Å²) < 4.78 is 0. The number of thioether (sulfide) groups is 1. The van der Waals surface area contributed by atoms with Crippen LogP contribution in [0, 0.1) is 0 Å². The smallest absolute Gasteiger partial charge is 0.271 e. The molecule has 0 aromatic carbocycles. The second-order valence-electron chi connectivity index (χ2n) is 2.91. The molecule has 0 spiro atoms. The van der Waals surface area contributed by atoms with Crippen molar-refractivity contribution in [2.24, 2.45) is 5.73 Å². The van der Waals surface area contributed by atoms with Gasteiger partial charge < -0.3 is 5.32 Å². The SMILES string of the molecule is NC1(NC=O)C(=O)N2C=CCS[C@@H]21. The van der Waals surface area contributed by atoms with Crippen LogP contribution in [-0.4, -0.2) is 34.0 Å². The third-order valence-corrected chi connectivity index (χ3v) is 3.44. The number of nitrogens with zero attached hydrogens (tertiary/aromatic N) is 1. The topological polar surface area (TPSA) is 75.4 Å². The molecular formula is C7H9N3O2S. The molecule has 0 bridgehead atoms. The Labute approximate surface area is 79.3 Å². The molecule has 3 N–H and O–H groups in total. The van der Waals surface area contributed by atoms with Gasteiger partial charge in [0.05, 0.1) is 0 Å². The first kappa shape index (κ1) is 8.58. The van der Waals surface area contributed by atoms with Gasteiger partial charge in [0.15, 0.2) is 0 Å². The molecule has 2 aliphatic heterocycles. The number of nitrogens with one attached hydrogen (secondary N) is 1. The molecule has 2 rings (SSSR count). The van der Waals surface area contributed by atoms with Crippen molar-refractivity contribution in [2.75, 3.05) is 5.75 Å². The lowest BCUT2D eigenvalue weighted by molar-refractivity contribution is -0.152. The minimum atomic E-state index is -1.20. The van der Waals surface area contributed by atoms with Gasteiger partial charge in [0.25, 0.3) is 5.91 Å². The van der Waals surface area contributed by atoms with Gasteiger partial charge in [0, 0.05) is 12.0 Å². The number of nitrogens with two attached hydrogens (primary N) is 1. The first-order valence-corrected chi connectivity index (χ1v) is 4.86. The fraction of sp³-hybridized carbons (Fsp3) is 0.429. The van der Waals surface area contributed by atoms with Gasteiger partial charge in [-0.1, -0.05) is 6.08 Å². The van der Waals surface area contributed by atoms with Gasteiger partial charge in [-0.15, -0.1) is 11.8 Å². The molecule has 0 aromatic rings. The average Bonchev–Trinajstić information content (AvgIpc) is 2.17. The first-order valence-electron chi connectivity index (χ1n) is 3.81. The monoisotopic (exact) mass is 199 g/mol. The minimum Gasteiger partial charge on any atom is -0.330 e. The van der Waals surface area contributed by atoms with E-state index >= 15 is 0 Å². The van der Waals surface area contributed by atoms with E-state index in [9.17, 15) is 9.59 Å². The predicted octanol–water partition coefficient (Wildman–Crippen LogP) is -1.18. The quantitative estimate of drug-likeness (QED) is 0.333. The first-order chi connectivity index (χ1) is 6.20. The lowest BCUT2D eigenvalue weighted by Crippen LogP contribution is -2.82. The molecule has 6 heteroatoms. The molecule has 5 nitrogen and oxygen atoms in total. The summed E-state index contributed by atoms with van der Waals surface area (Å²) in [5.74, 6) is 0.557. The molecule has 0 aromatic heterocycles. The third-order valence-electron chi connectivity index (χ3n) is 2.14. The zero-order valence-electron chi connectivity index (χ0n) is 6.77. The molecule has 0 aliphatic carbocycles. The molecule has 2 atom stereocenters. The Morgan fingerprint density at radius 2 is 2.62 bits per heavy atom. The Morgan fingerprint density at radius 3 is 3.31 bits per heavy atom. The molecule has 13 heavy (non-hydrogen) atoms.